The summed E-state index contributed by atoms with van der Waals surface area (Å²) < 4.78 is 1.61. The van der Waals surface area contributed by atoms with Crippen LogP contribution >= 0.6 is 11.8 Å². The first-order chi connectivity index (χ1) is 14.4. The number of anilines is 2. The minimum Gasteiger partial charge on any atom is -0.369 e. The predicted octanol–water partition coefficient (Wildman–Crippen LogP) is 4.38. The van der Waals surface area contributed by atoms with Crippen molar-refractivity contribution in [2.75, 3.05) is 22.5 Å². The Kier molecular flexibility index (Phi) is 7.15. The summed E-state index contributed by atoms with van der Waals surface area (Å²) in [6.45, 7) is 9.79. The standard InChI is InChI=1S/C23H28N4O2S/c1-5-26(16(3)4)18-13-11-17(12-14-18)24-21(28)15-30-23-25-20-10-8-7-9-19(20)22(29)27(23)6-2/h7-14,16H,5-6,15H2,1-4H3,(H,24,28). The molecule has 3 rings (SSSR count). The van der Waals surface area contributed by atoms with Crippen LogP contribution in [0.15, 0.2) is 58.5 Å². The molecule has 158 valence electrons. The van der Waals surface area contributed by atoms with Crippen LogP contribution in [0.4, 0.5) is 11.4 Å². The fraction of sp³-hybridized carbons (Fsp3) is 0.348. The summed E-state index contributed by atoms with van der Waals surface area (Å²) in [4.78, 5) is 32.0. The molecule has 1 amide bonds. The van der Waals surface area contributed by atoms with E-state index in [9.17, 15) is 9.59 Å². The van der Waals surface area contributed by atoms with Crippen molar-refractivity contribution >= 4 is 39.9 Å². The van der Waals surface area contributed by atoms with Gasteiger partial charge in [-0.05, 0) is 64.1 Å². The Bertz CT molecular complexity index is 1080. The molecule has 7 heteroatoms. The molecule has 0 atom stereocenters. The fourth-order valence-corrected chi connectivity index (χ4v) is 4.31. The number of benzene rings is 2. The van der Waals surface area contributed by atoms with Gasteiger partial charge in [0.25, 0.3) is 5.56 Å². The van der Waals surface area contributed by atoms with E-state index in [2.05, 4.69) is 36.0 Å². The topological polar surface area (TPSA) is 67.2 Å². The number of fused-ring (bicyclic) bond motifs is 1. The Morgan fingerprint density at radius 3 is 2.47 bits per heavy atom. The third kappa shape index (κ3) is 4.84. The van der Waals surface area contributed by atoms with Crippen LogP contribution < -0.4 is 15.8 Å². The van der Waals surface area contributed by atoms with Crippen LogP contribution in [0.1, 0.15) is 27.7 Å². The maximum atomic E-state index is 12.7. The first kappa shape index (κ1) is 21.9. The van der Waals surface area contributed by atoms with Crippen molar-refractivity contribution in [3.63, 3.8) is 0 Å². The average Bonchev–Trinajstić information content (AvgIpc) is 2.74. The van der Waals surface area contributed by atoms with Crippen molar-refractivity contribution in [1.29, 1.82) is 0 Å². The summed E-state index contributed by atoms with van der Waals surface area (Å²) in [5, 5.41) is 4.07. The van der Waals surface area contributed by atoms with Crippen molar-refractivity contribution in [2.24, 2.45) is 0 Å². The van der Waals surface area contributed by atoms with Crippen molar-refractivity contribution in [3.05, 3.63) is 58.9 Å². The molecule has 0 aliphatic carbocycles. The molecule has 0 aliphatic rings. The monoisotopic (exact) mass is 424 g/mol. The van der Waals surface area contributed by atoms with Gasteiger partial charge in [-0.1, -0.05) is 23.9 Å². The summed E-state index contributed by atoms with van der Waals surface area (Å²) in [5.74, 6) is 0.0496. The molecule has 0 spiro atoms. The van der Waals surface area contributed by atoms with Crippen LogP contribution in [0.3, 0.4) is 0 Å². The lowest BCUT2D eigenvalue weighted by Gasteiger charge is -2.27. The second kappa shape index (κ2) is 9.80. The number of nitrogens with one attached hydrogen (secondary N) is 1. The number of carbonyl (C=O) groups excluding carboxylic acids is 1. The summed E-state index contributed by atoms with van der Waals surface area (Å²) in [5.41, 5.74) is 2.46. The minimum atomic E-state index is -0.131. The first-order valence-corrected chi connectivity index (χ1v) is 11.2. The van der Waals surface area contributed by atoms with Gasteiger partial charge in [0.05, 0.1) is 16.7 Å². The highest BCUT2D eigenvalue weighted by Crippen LogP contribution is 2.21. The molecular formula is C23H28N4O2S. The van der Waals surface area contributed by atoms with Crippen molar-refractivity contribution < 1.29 is 4.79 Å². The van der Waals surface area contributed by atoms with Gasteiger partial charge in [-0.2, -0.15) is 0 Å². The van der Waals surface area contributed by atoms with Gasteiger partial charge in [0, 0.05) is 30.5 Å². The zero-order valence-electron chi connectivity index (χ0n) is 17.9. The Balaban J connectivity index is 1.68. The molecule has 2 aromatic carbocycles. The molecule has 30 heavy (non-hydrogen) atoms. The van der Waals surface area contributed by atoms with Crippen LogP contribution in [-0.4, -0.2) is 33.8 Å². The summed E-state index contributed by atoms with van der Waals surface area (Å²) in [6.07, 6.45) is 0. The van der Waals surface area contributed by atoms with Crippen LogP contribution in [0.25, 0.3) is 10.9 Å². The third-order valence-corrected chi connectivity index (χ3v) is 5.90. The van der Waals surface area contributed by atoms with Gasteiger partial charge < -0.3 is 10.2 Å². The Hall–Kier alpha value is -2.80. The molecule has 3 aromatic rings. The van der Waals surface area contributed by atoms with Crippen molar-refractivity contribution in [2.45, 2.75) is 45.4 Å². The van der Waals surface area contributed by atoms with Crippen molar-refractivity contribution in [3.8, 4) is 0 Å². The summed E-state index contributed by atoms with van der Waals surface area (Å²) in [7, 11) is 0. The molecule has 0 saturated heterocycles. The molecule has 1 aromatic heterocycles. The van der Waals surface area contributed by atoms with Gasteiger partial charge in [0.2, 0.25) is 5.91 Å². The number of hydrogen-bond acceptors (Lipinski definition) is 5. The largest absolute Gasteiger partial charge is 0.369 e. The van der Waals surface area contributed by atoms with E-state index >= 15 is 0 Å². The molecule has 0 radical (unpaired) electrons. The minimum absolute atomic E-state index is 0.0766. The molecule has 1 N–H and O–H groups in total. The number of carbonyl (C=O) groups is 1. The lowest BCUT2D eigenvalue weighted by atomic mass is 10.2. The normalized spacial score (nSPS) is 11.1. The number of para-hydroxylation sites is 1. The molecule has 0 fully saturated rings. The van der Waals surface area contributed by atoms with Crippen LogP contribution in [0.5, 0.6) is 0 Å². The highest BCUT2D eigenvalue weighted by Gasteiger charge is 2.13. The fourth-order valence-electron chi connectivity index (χ4n) is 3.45. The van der Waals surface area contributed by atoms with Crippen LogP contribution in [0.2, 0.25) is 0 Å². The van der Waals surface area contributed by atoms with E-state index in [1.54, 1.807) is 10.6 Å². The molecule has 0 unspecified atom stereocenters. The van der Waals surface area contributed by atoms with E-state index in [1.165, 1.54) is 11.8 Å². The van der Waals surface area contributed by atoms with E-state index in [1.807, 2.05) is 49.4 Å². The lowest BCUT2D eigenvalue weighted by molar-refractivity contribution is -0.113. The zero-order valence-corrected chi connectivity index (χ0v) is 18.7. The molecule has 0 saturated carbocycles. The quantitative estimate of drug-likeness (QED) is 0.429. The number of hydrogen-bond donors (Lipinski definition) is 1. The van der Waals surface area contributed by atoms with Gasteiger partial charge in [-0.25, -0.2) is 4.98 Å². The van der Waals surface area contributed by atoms with Gasteiger partial charge in [0.1, 0.15) is 0 Å². The van der Waals surface area contributed by atoms with Gasteiger partial charge in [0.15, 0.2) is 5.16 Å². The van der Waals surface area contributed by atoms with E-state index < -0.39 is 0 Å². The number of thioether (sulfide) groups is 1. The Morgan fingerprint density at radius 1 is 1.13 bits per heavy atom. The second-order valence-electron chi connectivity index (χ2n) is 7.22. The van der Waals surface area contributed by atoms with E-state index in [4.69, 9.17) is 0 Å². The van der Waals surface area contributed by atoms with E-state index in [0.29, 0.717) is 28.6 Å². The van der Waals surface area contributed by atoms with Crippen LogP contribution in [-0.2, 0) is 11.3 Å². The van der Waals surface area contributed by atoms with Gasteiger partial charge in [-0.3, -0.25) is 14.2 Å². The smallest absolute Gasteiger partial charge is 0.262 e. The molecule has 0 bridgehead atoms. The number of nitrogens with zero attached hydrogens (tertiary/aromatic N) is 3. The Morgan fingerprint density at radius 2 is 1.83 bits per heavy atom. The SMILES string of the molecule is CCN(c1ccc(NC(=O)CSc2nc3ccccc3c(=O)n2CC)cc1)C(C)C. The maximum absolute atomic E-state index is 12.7. The van der Waals surface area contributed by atoms with Crippen LogP contribution in [0, 0.1) is 0 Å². The molecule has 1 heterocycles. The zero-order chi connectivity index (χ0) is 21.7. The maximum Gasteiger partial charge on any atom is 0.262 e. The number of aromatic nitrogens is 2. The second-order valence-corrected chi connectivity index (χ2v) is 8.17. The predicted molar refractivity (Wildman–Crippen MR) is 126 cm³/mol. The molecular weight excluding hydrogens is 396 g/mol. The highest BCUT2D eigenvalue weighted by atomic mass is 32.2. The molecule has 0 aliphatic heterocycles. The lowest BCUT2D eigenvalue weighted by Crippen LogP contribution is -2.30. The van der Waals surface area contributed by atoms with E-state index in [-0.39, 0.29) is 17.2 Å². The summed E-state index contributed by atoms with van der Waals surface area (Å²) >= 11 is 1.28. The van der Waals surface area contributed by atoms with Crippen molar-refractivity contribution in [1.82, 2.24) is 9.55 Å². The van der Waals surface area contributed by atoms with Gasteiger partial charge in [-0.15, -0.1) is 0 Å². The van der Waals surface area contributed by atoms with Gasteiger partial charge >= 0.3 is 0 Å². The van der Waals surface area contributed by atoms with E-state index in [0.717, 1.165) is 17.9 Å². The average molecular weight is 425 g/mol. The number of rotatable bonds is 8. The molecule has 6 nitrogen and oxygen atoms in total. The number of amides is 1. The Labute approximate surface area is 181 Å². The highest BCUT2D eigenvalue weighted by molar-refractivity contribution is 7.99. The summed E-state index contributed by atoms with van der Waals surface area (Å²) in [6, 6.07) is 15.6. The first-order valence-electron chi connectivity index (χ1n) is 10.2. The third-order valence-electron chi connectivity index (χ3n) is 4.92.